The average Bonchev–Trinajstić information content (AvgIpc) is 2.49. The zero-order chi connectivity index (χ0) is 15.2. The Balaban J connectivity index is 2.04. The molecule has 4 nitrogen and oxygen atoms in total. The van der Waals surface area contributed by atoms with E-state index >= 15 is 0 Å². The van der Waals surface area contributed by atoms with Crippen molar-refractivity contribution in [1.29, 1.82) is 0 Å². The fourth-order valence-corrected chi connectivity index (χ4v) is 1.94. The molecule has 0 radical (unpaired) electrons. The monoisotopic (exact) mass is 288 g/mol. The highest BCUT2D eigenvalue weighted by Crippen LogP contribution is 2.19. The van der Waals surface area contributed by atoms with Gasteiger partial charge in [-0.2, -0.15) is 0 Å². The Hall–Kier alpha value is -2.56. The maximum atomic E-state index is 13.7. The lowest BCUT2D eigenvalue weighted by atomic mass is 10.2. The van der Waals surface area contributed by atoms with Crippen LogP contribution in [-0.4, -0.2) is 19.1 Å². The molecule has 0 atom stereocenters. The van der Waals surface area contributed by atoms with E-state index in [0.717, 1.165) is 0 Å². The minimum absolute atomic E-state index is 0.161. The Morgan fingerprint density at radius 1 is 1.19 bits per heavy atom. The molecule has 1 amide bonds. The van der Waals surface area contributed by atoms with E-state index in [1.165, 1.54) is 11.0 Å². The number of amides is 1. The summed E-state index contributed by atoms with van der Waals surface area (Å²) in [6.45, 7) is 1.99. The second kappa shape index (κ2) is 6.74. The van der Waals surface area contributed by atoms with Crippen molar-refractivity contribution in [2.75, 3.05) is 23.8 Å². The predicted molar refractivity (Wildman–Crippen MR) is 80.8 cm³/mol. The number of halogens is 1. The number of ether oxygens (including phenoxy) is 1. The molecule has 2 aromatic rings. The van der Waals surface area contributed by atoms with Crippen LogP contribution in [0.4, 0.5) is 15.8 Å². The second-order valence-electron chi connectivity index (χ2n) is 4.45. The van der Waals surface area contributed by atoms with Crippen LogP contribution in [0.5, 0.6) is 5.75 Å². The molecule has 0 spiro atoms. The zero-order valence-corrected chi connectivity index (χ0v) is 11.8. The number of carbonyl (C=O) groups excluding carboxylic acids is 1. The summed E-state index contributed by atoms with van der Waals surface area (Å²) in [5, 5.41) is 0. The molecule has 0 aliphatic carbocycles. The van der Waals surface area contributed by atoms with Crippen LogP contribution in [-0.2, 0) is 4.79 Å². The number of hydrogen-bond acceptors (Lipinski definition) is 3. The van der Waals surface area contributed by atoms with Crippen LogP contribution in [0.15, 0.2) is 48.5 Å². The third kappa shape index (κ3) is 3.72. The van der Waals surface area contributed by atoms with Crippen molar-refractivity contribution < 1.29 is 13.9 Å². The standard InChI is InChI=1S/C16H17FN2O2/c1-2-19(15-6-4-3-5-14(15)17)16(20)11-21-13-9-7-12(18)8-10-13/h3-10H,2,11,18H2,1H3. The van der Waals surface area contributed by atoms with Crippen molar-refractivity contribution in [2.45, 2.75) is 6.92 Å². The molecule has 110 valence electrons. The van der Waals surface area contributed by atoms with Gasteiger partial charge in [0, 0.05) is 12.2 Å². The first-order valence-electron chi connectivity index (χ1n) is 6.65. The molecule has 0 aliphatic heterocycles. The first-order chi connectivity index (χ1) is 10.1. The Bertz CT molecular complexity index is 614. The molecule has 0 heterocycles. The third-order valence-electron chi connectivity index (χ3n) is 3.00. The number of hydrogen-bond donors (Lipinski definition) is 1. The topological polar surface area (TPSA) is 55.6 Å². The summed E-state index contributed by atoms with van der Waals surface area (Å²) >= 11 is 0. The van der Waals surface area contributed by atoms with Gasteiger partial charge in [-0.3, -0.25) is 4.79 Å². The van der Waals surface area contributed by atoms with Crippen molar-refractivity contribution >= 4 is 17.3 Å². The van der Waals surface area contributed by atoms with E-state index in [4.69, 9.17) is 10.5 Å². The number of nitrogens with two attached hydrogens (primary N) is 1. The van der Waals surface area contributed by atoms with Gasteiger partial charge in [0.15, 0.2) is 6.61 Å². The van der Waals surface area contributed by atoms with Crippen LogP contribution in [0, 0.1) is 5.82 Å². The Labute approximate surface area is 122 Å². The summed E-state index contributed by atoms with van der Waals surface area (Å²) in [4.78, 5) is 13.5. The van der Waals surface area contributed by atoms with Crippen LogP contribution in [0.1, 0.15) is 6.92 Å². The van der Waals surface area contributed by atoms with E-state index in [9.17, 15) is 9.18 Å². The summed E-state index contributed by atoms with van der Waals surface area (Å²) in [6, 6.07) is 12.9. The summed E-state index contributed by atoms with van der Waals surface area (Å²) in [5.74, 6) is -0.193. The summed E-state index contributed by atoms with van der Waals surface area (Å²) in [6.07, 6.45) is 0. The number of carbonyl (C=O) groups is 1. The Morgan fingerprint density at radius 2 is 1.86 bits per heavy atom. The molecule has 21 heavy (non-hydrogen) atoms. The van der Waals surface area contributed by atoms with Gasteiger partial charge in [-0.05, 0) is 43.3 Å². The van der Waals surface area contributed by atoms with Gasteiger partial charge in [-0.15, -0.1) is 0 Å². The Kier molecular flexibility index (Phi) is 4.77. The number of rotatable bonds is 5. The molecule has 5 heteroatoms. The maximum Gasteiger partial charge on any atom is 0.264 e. The normalized spacial score (nSPS) is 10.2. The number of anilines is 2. The fourth-order valence-electron chi connectivity index (χ4n) is 1.94. The van der Waals surface area contributed by atoms with E-state index < -0.39 is 5.82 Å². The van der Waals surface area contributed by atoms with E-state index in [1.807, 2.05) is 0 Å². The number of nitrogen functional groups attached to an aromatic ring is 1. The van der Waals surface area contributed by atoms with Crippen molar-refractivity contribution in [3.8, 4) is 5.75 Å². The molecule has 0 aromatic heterocycles. The highest BCUT2D eigenvalue weighted by Gasteiger charge is 2.17. The molecule has 0 saturated heterocycles. The number of benzene rings is 2. The van der Waals surface area contributed by atoms with Gasteiger partial charge in [0.25, 0.3) is 5.91 Å². The quantitative estimate of drug-likeness (QED) is 0.861. The molecule has 0 fully saturated rings. The van der Waals surface area contributed by atoms with Gasteiger partial charge in [0.05, 0.1) is 5.69 Å². The average molecular weight is 288 g/mol. The summed E-state index contributed by atoms with van der Waals surface area (Å²) < 4.78 is 19.1. The minimum atomic E-state index is -0.430. The molecule has 2 rings (SSSR count). The molecular weight excluding hydrogens is 271 g/mol. The third-order valence-corrected chi connectivity index (χ3v) is 3.00. The fraction of sp³-hybridized carbons (Fsp3) is 0.188. The smallest absolute Gasteiger partial charge is 0.264 e. The van der Waals surface area contributed by atoms with Gasteiger partial charge in [-0.25, -0.2) is 4.39 Å². The maximum absolute atomic E-state index is 13.7. The molecule has 0 bridgehead atoms. The summed E-state index contributed by atoms with van der Waals surface area (Å²) in [7, 11) is 0. The molecule has 0 aliphatic rings. The van der Waals surface area contributed by atoms with E-state index in [0.29, 0.717) is 18.0 Å². The van der Waals surface area contributed by atoms with Crippen LogP contribution < -0.4 is 15.4 Å². The van der Waals surface area contributed by atoms with Gasteiger partial charge >= 0.3 is 0 Å². The van der Waals surface area contributed by atoms with Gasteiger partial charge < -0.3 is 15.4 Å². The lowest BCUT2D eigenvalue weighted by molar-refractivity contribution is -0.120. The first kappa shape index (κ1) is 14.8. The molecular formula is C16H17FN2O2. The van der Waals surface area contributed by atoms with E-state index in [2.05, 4.69) is 0 Å². The lowest BCUT2D eigenvalue weighted by Crippen LogP contribution is -2.35. The van der Waals surface area contributed by atoms with Gasteiger partial charge in [0.1, 0.15) is 11.6 Å². The molecule has 2 aromatic carbocycles. The van der Waals surface area contributed by atoms with Crippen LogP contribution >= 0.6 is 0 Å². The van der Waals surface area contributed by atoms with Gasteiger partial charge in [-0.1, -0.05) is 12.1 Å². The highest BCUT2D eigenvalue weighted by molar-refractivity contribution is 5.94. The van der Waals surface area contributed by atoms with Crippen molar-refractivity contribution in [3.05, 3.63) is 54.3 Å². The van der Waals surface area contributed by atoms with Crippen molar-refractivity contribution in [3.63, 3.8) is 0 Å². The first-order valence-corrected chi connectivity index (χ1v) is 6.65. The summed E-state index contributed by atoms with van der Waals surface area (Å²) in [5.41, 5.74) is 6.45. The predicted octanol–water partition coefficient (Wildman–Crippen LogP) is 2.84. The molecule has 2 N–H and O–H groups in total. The molecule has 0 unspecified atom stereocenters. The molecule has 0 saturated carbocycles. The Morgan fingerprint density at radius 3 is 2.48 bits per heavy atom. The largest absolute Gasteiger partial charge is 0.484 e. The van der Waals surface area contributed by atoms with E-state index in [-0.39, 0.29) is 18.2 Å². The van der Waals surface area contributed by atoms with Crippen molar-refractivity contribution in [2.24, 2.45) is 0 Å². The minimum Gasteiger partial charge on any atom is -0.484 e. The van der Waals surface area contributed by atoms with E-state index in [1.54, 1.807) is 49.4 Å². The van der Waals surface area contributed by atoms with Crippen LogP contribution in [0.25, 0.3) is 0 Å². The SMILES string of the molecule is CCN(C(=O)COc1ccc(N)cc1)c1ccccc1F. The second-order valence-corrected chi connectivity index (χ2v) is 4.45. The number of nitrogens with zero attached hydrogens (tertiary/aromatic N) is 1. The van der Waals surface area contributed by atoms with Crippen LogP contribution in [0.2, 0.25) is 0 Å². The number of likely N-dealkylation sites (N-methyl/N-ethyl adjacent to an activating group) is 1. The van der Waals surface area contributed by atoms with Crippen LogP contribution in [0.3, 0.4) is 0 Å². The zero-order valence-electron chi connectivity index (χ0n) is 11.8. The lowest BCUT2D eigenvalue weighted by Gasteiger charge is -2.21. The van der Waals surface area contributed by atoms with Crippen molar-refractivity contribution in [1.82, 2.24) is 0 Å². The highest BCUT2D eigenvalue weighted by atomic mass is 19.1. The van der Waals surface area contributed by atoms with Gasteiger partial charge in [0.2, 0.25) is 0 Å². The number of para-hydroxylation sites is 1.